The van der Waals surface area contributed by atoms with Crippen LogP contribution in [0.5, 0.6) is 0 Å². The summed E-state index contributed by atoms with van der Waals surface area (Å²) in [5, 5.41) is 4.36. The lowest BCUT2D eigenvalue weighted by molar-refractivity contribution is 0.0660. The molecule has 6 heteroatoms. The first-order valence-electron chi connectivity index (χ1n) is 9.28. The molecule has 1 aliphatic rings. The Labute approximate surface area is 155 Å². The van der Waals surface area contributed by atoms with Gasteiger partial charge < -0.3 is 15.5 Å². The highest BCUT2D eigenvalue weighted by Crippen LogP contribution is 2.23. The van der Waals surface area contributed by atoms with Crippen molar-refractivity contribution in [1.82, 2.24) is 19.6 Å². The maximum absolute atomic E-state index is 12.9. The highest BCUT2D eigenvalue weighted by molar-refractivity contribution is 5.98. The van der Waals surface area contributed by atoms with Crippen molar-refractivity contribution >= 4 is 11.7 Å². The van der Waals surface area contributed by atoms with E-state index in [9.17, 15) is 4.79 Å². The van der Waals surface area contributed by atoms with Crippen molar-refractivity contribution in [2.75, 3.05) is 32.9 Å². The highest BCUT2D eigenvalue weighted by atomic mass is 16.2. The van der Waals surface area contributed by atoms with E-state index in [4.69, 9.17) is 5.73 Å². The number of carbonyl (C=O) groups excluding carboxylic acids is 1. The molecule has 3 rings (SSSR count). The van der Waals surface area contributed by atoms with Gasteiger partial charge in [-0.25, -0.2) is 4.68 Å². The molecular formula is C20H29N5O. The van der Waals surface area contributed by atoms with Gasteiger partial charge >= 0.3 is 0 Å². The van der Waals surface area contributed by atoms with E-state index >= 15 is 0 Å². The quantitative estimate of drug-likeness (QED) is 0.916. The van der Waals surface area contributed by atoms with Gasteiger partial charge in [-0.05, 0) is 56.6 Å². The lowest BCUT2D eigenvalue weighted by Crippen LogP contribution is -2.44. The van der Waals surface area contributed by atoms with Gasteiger partial charge in [-0.1, -0.05) is 26.0 Å². The summed E-state index contributed by atoms with van der Waals surface area (Å²) in [6.45, 7) is 6.35. The standard InChI is InChI=1S/C20H29N5O/c1-14(2)15-5-7-17(8-6-15)25-19(21)18(13-22-25)20(26)24(4)16-9-11-23(3)12-10-16/h5-8,13-14,16H,9-12,21H2,1-4H3. The molecule has 1 aliphatic heterocycles. The van der Waals surface area contributed by atoms with Gasteiger partial charge in [0.05, 0.1) is 11.9 Å². The number of nitrogens with zero attached hydrogens (tertiary/aromatic N) is 4. The fourth-order valence-electron chi connectivity index (χ4n) is 3.47. The van der Waals surface area contributed by atoms with Crippen LogP contribution in [0.15, 0.2) is 30.5 Å². The van der Waals surface area contributed by atoms with Crippen LogP contribution in [0.2, 0.25) is 0 Å². The smallest absolute Gasteiger partial charge is 0.259 e. The maximum Gasteiger partial charge on any atom is 0.259 e. The Balaban J connectivity index is 1.78. The Morgan fingerprint density at radius 3 is 2.42 bits per heavy atom. The fraction of sp³-hybridized carbons (Fsp3) is 0.500. The van der Waals surface area contributed by atoms with E-state index in [0.717, 1.165) is 31.6 Å². The Morgan fingerprint density at radius 1 is 1.23 bits per heavy atom. The summed E-state index contributed by atoms with van der Waals surface area (Å²) in [5.41, 5.74) is 8.87. The Morgan fingerprint density at radius 2 is 1.85 bits per heavy atom. The molecule has 0 aliphatic carbocycles. The highest BCUT2D eigenvalue weighted by Gasteiger charge is 2.27. The van der Waals surface area contributed by atoms with Crippen molar-refractivity contribution < 1.29 is 4.79 Å². The van der Waals surface area contributed by atoms with Crippen molar-refractivity contribution in [3.8, 4) is 5.69 Å². The molecule has 0 radical (unpaired) electrons. The van der Waals surface area contributed by atoms with Crippen LogP contribution in [0.4, 0.5) is 5.82 Å². The van der Waals surface area contributed by atoms with Crippen molar-refractivity contribution in [1.29, 1.82) is 0 Å². The molecule has 2 aromatic rings. The summed E-state index contributed by atoms with van der Waals surface area (Å²) in [5.74, 6) is 0.813. The molecule has 0 spiro atoms. The summed E-state index contributed by atoms with van der Waals surface area (Å²) in [7, 11) is 3.98. The number of piperidine rings is 1. The normalized spacial score (nSPS) is 16.2. The van der Waals surface area contributed by atoms with Crippen molar-refractivity contribution in [3.63, 3.8) is 0 Å². The van der Waals surface area contributed by atoms with E-state index in [1.54, 1.807) is 10.9 Å². The largest absolute Gasteiger partial charge is 0.383 e. The number of hydrogen-bond acceptors (Lipinski definition) is 4. The second-order valence-electron chi connectivity index (χ2n) is 7.55. The Kier molecular flexibility index (Phi) is 5.32. The third-order valence-electron chi connectivity index (χ3n) is 5.40. The molecule has 6 nitrogen and oxygen atoms in total. The third-order valence-corrected chi connectivity index (χ3v) is 5.40. The van der Waals surface area contributed by atoms with Gasteiger partial charge in [-0.15, -0.1) is 0 Å². The van der Waals surface area contributed by atoms with Gasteiger partial charge in [0.1, 0.15) is 11.4 Å². The average molecular weight is 355 g/mol. The van der Waals surface area contributed by atoms with E-state index in [1.807, 2.05) is 24.1 Å². The van der Waals surface area contributed by atoms with E-state index in [-0.39, 0.29) is 11.9 Å². The van der Waals surface area contributed by atoms with Gasteiger partial charge in [0.15, 0.2) is 0 Å². The number of nitrogens with two attached hydrogens (primary N) is 1. The third kappa shape index (κ3) is 3.60. The summed E-state index contributed by atoms with van der Waals surface area (Å²) in [4.78, 5) is 17.0. The average Bonchev–Trinajstić information content (AvgIpc) is 3.02. The van der Waals surface area contributed by atoms with Gasteiger partial charge in [0, 0.05) is 13.1 Å². The second kappa shape index (κ2) is 7.50. The van der Waals surface area contributed by atoms with Crippen molar-refractivity contribution in [2.45, 2.75) is 38.6 Å². The van der Waals surface area contributed by atoms with Crippen LogP contribution in [-0.4, -0.2) is 58.7 Å². The fourth-order valence-corrected chi connectivity index (χ4v) is 3.47. The Hall–Kier alpha value is -2.34. The predicted molar refractivity (Wildman–Crippen MR) is 105 cm³/mol. The molecule has 140 valence electrons. The number of anilines is 1. The number of hydrogen-bond donors (Lipinski definition) is 1. The minimum absolute atomic E-state index is 0.0536. The molecule has 0 saturated carbocycles. The number of rotatable bonds is 4. The number of carbonyl (C=O) groups is 1. The van der Waals surface area contributed by atoms with Gasteiger partial charge in [0.25, 0.3) is 5.91 Å². The predicted octanol–water partition coefficient (Wildman–Crippen LogP) is 2.74. The number of nitrogen functional groups attached to an aromatic ring is 1. The monoisotopic (exact) mass is 355 g/mol. The topological polar surface area (TPSA) is 67.4 Å². The summed E-state index contributed by atoms with van der Waals surface area (Å²) < 4.78 is 1.64. The van der Waals surface area contributed by atoms with Crippen LogP contribution in [0.3, 0.4) is 0 Å². The molecule has 2 heterocycles. The molecule has 1 aromatic heterocycles. The van der Waals surface area contributed by atoms with Crippen LogP contribution in [0.25, 0.3) is 5.69 Å². The summed E-state index contributed by atoms with van der Waals surface area (Å²) >= 11 is 0. The molecule has 2 N–H and O–H groups in total. The van der Waals surface area contributed by atoms with Gasteiger partial charge in [0.2, 0.25) is 0 Å². The second-order valence-corrected chi connectivity index (χ2v) is 7.55. The molecule has 1 saturated heterocycles. The Bertz CT molecular complexity index is 757. The first-order valence-corrected chi connectivity index (χ1v) is 9.28. The summed E-state index contributed by atoms with van der Waals surface area (Å²) in [6, 6.07) is 8.40. The molecule has 1 fully saturated rings. The number of aromatic nitrogens is 2. The van der Waals surface area contributed by atoms with Gasteiger partial charge in [-0.3, -0.25) is 4.79 Å². The van der Waals surface area contributed by atoms with E-state index in [1.165, 1.54) is 5.56 Å². The molecule has 0 atom stereocenters. The van der Waals surface area contributed by atoms with Gasteiger partial charge in [-0.2, -0.15) is 5.10 Å². The SMILES string of the molecule is CC(C)c1ccc(-n2ncc(C(=O)N(C)C3CCN(C)CC3)c2N)cc1. The van der Waals surface area contributed by atoms with Crippen LogP contribution in [0, 0.1) is 0 Å². The summed E-state index contributed by atoms with van der Waals surface area (Å²) in [6.07, 6.45) is 3.56. The minimum Gasteiger partial charge on any atom is -0.383 e. The van der Waals surface area contributed by atoms with E-state index in [2.05, 4.69) is 43.0 Å². The lowest BCUT2D eigenvalue weighted by atomic mass is 10.0. The molecule has 0 unspecified atom stereocenters. The molecule has 1 amide bonds. The van der Waals surface area contributed by atoms with Crippen molar-refractivity contribution in [3.05, 3.63) is 41.6 Å². The zero-order chi connectivity index (χ0) is 18.8. The maximum atomic E-state index is 12.9. The van der Waals surface area contributed by atoms with E-state index in [0.29, 0.717) is 17.3 Å². The number of likely N-dealkylation sites (tertiary alicyclic amines) is 1. The zero-order valence-electron chi connectivity index (χ0n) is 16.1. The van der Waals surface area contributed by atoms with Crippen molar-refractivity contribution in [2.24, 2.45) is 0 Å². The first kappa shape index (κ1) is 18.5. The molecule has 0 bridgehead atoms. The number of amides is 1. The van der Waals surface area contributed by atoms with Crippen LogP contribution in [-0.2, 0) is 0 Å². The lowest BCUT2D eigenvalue weighted by Gasteiger charge is -2.35. The molecule has 1 aromatic carbocycles. The zero-order valence-corrected chi connectivity index (χ0v) is 16.1. The van der Waals surface area contributed by atoms with Crippen LogP contribution < -0.4 is 5.73 Å². The first-order chi connectivity index (χ1) is 12.4. The minimum atomic E-state index is -0.0536. The number of benzene rings is 1. The van der Waals surface area contributed by atoms with Crippen LogP contribution in [0.1, 0.15) is 48.5 Å². The molecule has 26 heavy (non-hydrogen) atoms. The molecular weight excluding hydrogens is 326 g/mol. The van der Waals surface area contributed by atoms with E-state index < -0.39 is 0 Å². The van der Waals surface area contributed by atoms with Crippen LogP contribution >= 0.6 is 0 Å².